The molecule has 1 heterocycles. The Bertz CT molecular complexity index is 1350. The van der Waals surface area contributed by atoms with Crippen LogP contribution in [0.25, 0.3) is 10.8 Å². The normalized spacial score (nSPS) is 11.0. The third-order valence-electron chi connectivity index (χ3n) is 5.92. The van der Waals surface area contributed by atoms with Crippen molar-refractivity contribution in [3.63, 3.8) is 0 Å². The first kappa shape index (κ1) is 22.3. The number of amides is 1. The number of aromatic nitrogens is 4. The number of hydrogen-bond acceptors (Lipinski definition) is 5. The Hall–Kier alpha value is -4.52. The summed E-state index contributed by atoms with van der Waals surface area (Å²) >= 11 is 0. The van der Waals surface area contributed by atoms with Gasteiger partial charge in [0.2, 0.25) is 5.91 Å². The van der Waals surface area contributed by atoms with Crippen molar-refractivity contribution in [2.75, 3.05) is 0 Å². The second-order valence-electron chi connectivity index (χ2n) is 8.23. The van der Waals surface area contributed by atoms with Gasteiger partial charge >= 0.3 is 0 Å². The number of hydrogen-bond donors (Lipinski definition) is 2. The van der Waals surface area contributed by atoms with Gasteiger partial charge in [0.15, 0.2) is 5.82 Å². The van der Waals surface area contributed by atoms with Crippen molar-refractivity contribution < 1.29 is 9.53 Å². The van der Waals surface area contributed by atoms with Gasteiger partial charge in [0.1, 0.15) is 12.4 Å². The summed E-state index contributed by atoms with van der Waals surface area (Å²) in [6.45, 7) is 0.249. The van der Waals surface area contributed by atoms with Crippen LogP contribution in [0.2, 0.25) is 0 Å². The molecule has 0 atom stereocenters. The Labute approximate surface area is 203 Å². The molecule has 0 aliphatic rings. The highest BCUT2D eigenvalue weighted by molar-refractivity contribution is 5.91. The number of aryl methyl sites for hydroxylation is 1. The molecule has 0 saturated carbocycles. The van der Waals surface area contributed by atoms with Crippen LogP contribution in [-0.4, -0.2) is 26.5 Å². The zero-order chi connectivity index (χ0) is 23.9. The SMILES string of the molecule is O=C(CCc1cccc2c(OCc3nnn[nH]3)cccc12)NC(c1ccccc1)c1ccccc1. The molecule has 0 unspecified atom stereocenters. The molecule has 0 aliphatic heterocycles. The highest BCUT2D eigenvalue weighted by atomic mass is 16.5. The quantitative estimate of drug-likeness (QED) is 0.328. The lowest BCUT2D eigenvalue weighted by Gasteiger charge is -2.20. The second kappa shape index (κ2) is 10.6. The van der Waals surface area contributed by atoms with E-state index in [4.69, 9.17) is 4.74 Å². The first-order valence-corrected chi connectivity index (χ1v) is 11.5. The molecule has 0 fully saturated rings. The molecule has 7 nitrogen and oxygen atoms in total. The third kappa shape index (κ3) is 5.35. The average molecular weight is 464 g/mol. The number of nitrogens with one attached hydrogen (secondary N) is 2. The lowest BCUT2D eigenvalue weighted by atomic mass is 9.97. The zero-order valence-corrected chi connectivity index (χ0v) is 19.1. The maximum absolute atomic E-state index is 13.1. The summed E-state index contributed by atoms with van der Waals surface area (Å²) in [4.78, 5) is 13.1. The molecule has 4 aromatic carbocycles. The molecule has 1 amide bonds. The molecule has 2 N–H and O–H groups in total. The number of fused-ring (bicyclic) bond motifs is 1. The van der Waals surface area contributed by atoms with Crippen LogP contribution in [0.15, 0.2) is 97.1 Å². The molecule has 174 valence electrons. The van der Waals surface area contributed by atoms with Crippen LogP contribution in [0.3, 0.4) is 0 Å². The fourth-order valence-corrected chi connectivity index (χ4v) is 4.21. The van der Waals surface area contributed by atoms with Gasteiger partial charge in [-0.05, 0) is 45.0 Å². The van der Waals surface area contributed by atoms with Gasteiger partial charge in [-0.2, -0.15) is 0 Å². The first-order valence-electron chi connectivity index (χ1n) is 11.5. The molecule has 0 aliphatic carbocycles. The van der Waals surface area contributed by atoms with Crippen LogP contribution in [0.1, 0.15) is 35.0 Å². The van der Waals surface area contributed by atoms with Crippen molar-refractivity contribution in [2.24, 2.45) is 0 Å². The molecule has 7 heteroatoms. The predicted octanol–water partition coefficient (Wildman–Crippen LogP) is 4.77. The molecule has 0 saturated heterocycles. The number of rotatable bonds is 9. The molecular weight excluding hydrogens is 438 g/mol. The minimum atomic E-state index is -0.192. The molecule has 5 rings (SSSR count). The van der Waals surface area contributed by atoms with E-state index in [-0.39, 0.29) is 18.6 Å². The van der Waals surface area contributed by atoms with Gasteiger partial charge in [-0.15, -0.1) is 5.10 Å². The molecule has 5 aromatic rings. The van der Waals surface area contributed by atoms with Crippen molar-refractivity contribution in [2.45, 2.75) is 25.5 Å². The van der Waals surface area contributed by atoms with Gasteiger partial charge in [-0.1, -0.05) is 91.0 Å². The van der Waals surface area contributed by atoms with E-state index in [9.17, 15) is 4.79 Å². The van der Waals surface area contributed by atoms with Gasteiger partial charge in [-0.25, -0.2) is 5.10 Å². The smallest absolute Gasteiger partial charge is 0.221 e. The lowest BCUT2D eigenvalue weighted by Crippen LogP contribution is -2.29. The Morgan fingerprint density at radius 1 is 0.829 bits per heavy atom. The van der Waals surface area contributed by atoms with Gasteiger partial charge in [-0.3, -0.25) is 4.79 Å². The predicted molar refractivity (Wildman–Crippen MR) is 134 cm³/mol. The summed E-state index contributed by atoms with van der Waals surface area (Å²) in [5.41, 5.74) is 3.21. The number of benzene rings is 4. The summed E-state index contributed by atoms with van der Waals surface area (Å²) in [5, 5.41) is 19.0. The van der Waals surface area contributed by atoms with Crippen LogP contribution in [0.5, 0.6) is 5.75 Å². The van der Waals surface area contributed by atoms with Gasteiger partial charge in [0.25, 0.3) is 0 Å². The fourth-order valence-electron chi connectivity index (χ4n) is 4.21. The Balaban J connectivity index is 1.30. The maximum Gasteiger partial charge on any atom is 0.221 e. The standard InChI is InChI=1S/C28H25N5O2/c34-27(29-28(21-9-3-1-4-10-21)22-11-5-2-6-12-22)18-17-20-13-7-15-24-23(20)14-8-16-25(24)35-19-26-30-32-33-31-26/h1-16,28H,17-19H2,(H,29,34)(H,30,31,32,33). The lowest BCUT2D eigenvalue weighted by molar-refractivity contribution is -0.121. The highest BCUT2D eigenvalue weighted by Gasteiger charge is 2.17. The van der Waals surface area contributed by atoms with Gasteiger partial charge in [0, 0.05) is 11.8 Å². The van der Waals surface area contributed by atoms with E-state index in [0.29, 0.717) is 18.7 Å². The monoisotopic (exact) mass is 463 g/mol. The van der Waals surface area contributed by atoms with E-state index in [0.717, 1.165) is 33.2 Å². The molecule has 1 aromatic heterocycles. The minimum absolute atomic E-state index is 0.00457. The number of carbonyl (C=O) groups is 1. The van der Waals surface area contributed by atoms with Crippen molar-refractivity contribution >= 4 is 16.7 Å². The highest BCUT2D eigenvalue weighted by Crippen LogP contribution is 2.29. The summed E-state index contributed by atoms with van der Waals surface area (Å²) in [6, 6.07) is 31.9. The number of nitrogens with zero attached hydrogens (tertiary/aromatic N) is 3. The number of aromatic amines is 1. The van der Waals surface area contributed by atoms with Crippen molar-refractivity contribution in [1.82, 2.24) is 25.9 Å². The summed E-state index contributed by atoms with van der Waals surface area (Å²) in [6.07, 6.45) is 0.999. The van der Waals surface area contributed by atoms with Gasteiger partial charge in [0.05, 0.1) is 6.04 Å². The third-order valence-corrected chi connectivity index (χ3v) is 5.92. The van der Waals surface area contributed by atoms with Crippen LogP contribution in [-0.2, 0) is 17.8 Å². The van der Waals surface area contributed by atoms with Crippen molar-refractivity contribution in [1.29, 1.82) is 0 Å². The van der Waals surface area contributed by atoms with E-state index in [1.807, 2.05) is 84.9 Å². The topological polar surface area (TPSA) is 92.8 Å². The van der Waals surface area contributed by atoms with Gasteiger partial charge < -0.3 is 10.1 Å². The van der Waals surface area contributed by atoms with E-state index < -0.39 is 0 Å². The Morgan fingerprint density at radius 3 is 2.20 bits per heavy atom. The van der Waals surface area contributed by atoms with E-state index in [2.05, 4.69) is 38.1 Å². The van der Waals surface area contributed by atoms with Crippen molar-refractivity contribution in [3.05, 3.63) is 120 Å². The Kier molecular flexibility index (Phi) is 6.75. The second-order valence-corrected chi connectivity index (χ2v) is 8.23. The van der Waals surface area contributed by atoms with Crippen LogP contribution >= 0.6 is 0 Å². The van der Waals surface area contributed by atoms with E-state index >= 15 is 0 Å². The van der Waals surface area contributed by atoms with Crippen LogP contribution in [0.4, 0.5) is 0 Å². The molecular formula is C28H25N5O2. The summed E-state index contributed by atoms with van der Waals surface area (Å²) < 4.78 is 5.94. The van der Waals surface area contributed by atoms with E-state index in [1.165, 1.54) is 0 Å². The zero-order valence-electron chi connectivity index (χ0n) is 19.1. The first-order chi connectivity index (χ1) is 17.3. The van der Waals surface area contributed by atoms with Crippen molar-refractivity contribution in [3.8, 4) is 5.75 Å². The minimum Gasteiger partial charge on any atom is -0.485 e. The van der Waals surface area contributed by atoms with E-state index in [1.54, 1.807) is 0 Å². The average Bonchev–Trinajstić information content (AvgIpc) is 3.44. The van der Waals surface area contributed by atoms with Crippen LogP contribution in [0, 0.1) is 0 Å². The molecule has 0 spiro atoms. The van der Waals surface area contributed by atoms with Crippen LogP contribution < -0.4 is 10.1 Å². The number of carbonyl (C=O) groups excluding carboxylic acids is 1. The molecule has 35 heavy (non-hydrogen) atoms. The number of tetrazole rings is 1. The molecule has 0 radical (unpaired) electrons. The maximum atomic E-state index is 13.1. The summed E-state index contributed by atoms with van der Waals surface area (Å²) in [5.74, 6) is 1.31. The molecule has 0 bridgehead atoms. The fraction of sp³-hybridized carbons (Fsp3) is 0.143. The summed E-state index contributed by atoms with van der Waals surface area (Å²) in [7, 11) is 0. The Morgan fingerprint density at radius 2 is 1.51 bits per heavy atom. The number of ether oxygens (including phenoxy) is 1. The number of H-pyrrole nitrogens is 1. The largest absolute Gasteiger partial charge is 0.485 e.